The van der Waals surface area contributed by atoms with E-state index in [2.05, 4.69) is 15.4 Å². The van der Waals surface area contributed by atoms with Crippen LogP contribution in [0.3, 0.4) is 0 Å². The Morgan fingerprint density at radius 1 is 1.42 bits per heavy atom. The number of aromatic amines is 1. The van der Waals surface area contributed by atoms with Gasteiger partial charge >= 0.3 is 6.18 Å². The third-order valence-corrected chi connectivity index (χ3v) is 2.36. The first-order chi connectivity index (χ1) is 8.94. The van der Waals surface area contributed by atoms with E-state index < -0.39 is 12.7 Å². The monoisotopic (exact) mass is 272 g/mol. The van der Waals surface area contributed by atoms with E-state index in [1.165, 1.54) is 18.6 Å². The Kier molecular flexibility index (Phi) is 3.59. The van der Waals surface area contributed by atoms with Crippen molar-refractivity contribution in [3.63, 3.8) is 0 Å². The maximum Gasteiger partial charge on any atom is 0.408 e. The highest BCUT2D eigenvalue weighted by molar-refractivity contribution is 5.38. The van der Waals surface area contributed by atoms with Gasteiger partial charge in [0.15, 0.2) is 0 Å². The predicted molar refractivity (Wildman–Crippen MR) is 62.7 cm³/mol. The Balaban J connectivity index is 1.98. The van der Waals surface area contributed by atoms with Crippen LogP contribution in [-0.4, -0.2) is 20.9 Å². The molecular weight excluding hydrogens is 261 g/mol. The molecule has 2 aromatic rings. The second kappa shape index (κ2) is 5.17. The summed E-state index contributed by atoms with van der Waals surface area (Å²) in [5.41, 5.74) is 0.677. The van der Waals surface area contributed by atoms with Gasteiger partial charge in [0.25, 0.3) is 5.56 Å². The van der Waals surface area contributed by atoms with Gasteiger partial charge in [0.2, 0.25) is 0 Å². The van der Waals surface area contributed by atoms with Crippen molar-refractivity contribution >= 4 is 5.69 Å². The standard InChI is InChI=1S/C11H11F3N4O/c12-11(13,14)7-18-6-9(5-17-18)16-4-8-2-1-3-15-10(8)19/h1-3,5-6,16H,4,7H2,(H,15,19). The van der Waals surface area contributed by atoms with Crippen LogP contribution in [0, 0.1) is 0 Å². The van der Waals surface area contributed by atoms with Gasteiger partial charge in [0, 0.05) is 24.5 Å². The van der Waals surface area contributed by atoms with E-state index in [1.807, 2.05) is 0 Å². The molecule has 0 aliphatic rings. The number of aromatic nitrogens is 3. The quantitative estimate of drug-likeness (QED) is 0.891. The average molecular weight is 272 g/mol. The van der Waals surface area contributed by atoms with Gasteiger partial charge in [-0.15, -0.1) is 0 Å². The largest absolute Gasteiger partial charge is 0.408 e. The van der Waals surface area contributed by atoms with Crippen LogP contribution in [0.1, 0.15) is 5.56 Å². The molecule has 0 radical (unpaired) electrons. The molecule has 0 aliphatic heterocycles. The van der Waals surface area contributed by atoms with Crippen molar-refractivity contribution in [3.8, 4) is 0 Å². The molecule has 8 heteroatoms. The molecule has 0 saturated carbocycles. The van der Waals surface area contributed by atoms with Crippen LogP contribution >= 0.6 is 0 Å². The van der Waals surface area contributed by atoms with Crippen molar-refractivity contribution in [2.45, 2.75) is 19.3 Å². The summed E-state index contributed by atoms with van der Waals surface area (Å²) in [6.45, 7) is -0.922. The number of halogens is 3. The fraction of sp³-hybridized carbons (Fsp3) is 0.273. The van der Waals surface area contributed by atoms with Gasteiger partial charge < -0.3 is 10.3 Å². The topological polar surface area (TPSA) is 62.7 Å². The summed E-state index contributed by atoms with van der Waals surface area (Å²) in [4.78, 5) is 13.9. The van der Waals surface area contributed by atoms with Crippen LogP contribution in [0.5, 0.6) is 0 Å². The van der Waals surface area contributed by atoms with Crippen LogP contribution in [-0.2, 0) is 13.1 Å². The number of hydrogen-bond donors (Lipinski definition) is 2. The molecule has 0 saturated heterocycles. The van der Waals surface area contributed by atoms with E-state index in [9.17, 15) is 18.0 Å². The van der Waals surface area contributed by atoms with E-state index in [1.54, 1.807) is 12.1 Å². The second-order valence-corrected chi connectivity index (χ2v) is 3.92. The Labute approximate surface area is 106 Å². The fourth-order valence-electron chi connectivity index (χ4n) is 1.52. The van der Waals surface area contributed by atoms with Gasteiger partial charge in [-0.3, -0.25) is 9.48 Å². The third-order valence-electron chi connectivity index (χ3n) is 2.36. The molecule has 2 heterocycles. The number of hydrogen-bond acceptors (Lipinski definition) is 3. The maximum absolute atomic E-state index is 12.1. The lowest BCUT2D eigenvalue weighted by Gasteiger charge is -2.05. The Morgan fingerprint density at radius 2 is 2.21 bits per heavy atom. The molecule has 0 fully saturated rings. The molecule has 2 aromatic heterocycles. The van der Waals surface area contributed by atoms with Gasteiger partial charge in [-0.1, -0.05) is 6.07 Å². The van der Waals surface area contributed by atoms with Crippen molar-refractivity contribution in [3.05, 3.63) is 46.6 Å². The zero-order chi connectivity index (χ0) is 13.9. The lowest BCUT2D eigenvalue weighted by atomic mass is 10.3. The van der Waals surface area contributed by atoms with Crippen molar-refractivity contribution < 1.29 is 13.2 Å². The first-order valence-corrected chi connectivity index (χ1v) is 5.44. The summed E-state index contributed by atoms with van der Waals surface area (Å²) >= 11 is 0. The molecule has 0 atom stereocenters. The highest BCUT2D eigenvalue weighted by Gasteiger charge is 2.28. The minimum Gasteiger partial charge on any atom is -0.378 e. The third kappa shape index (κ3) is 3.87. The van der Waals surface area contributed by atoms with Crippen LogP contribution in [0.25, 0.3) is 0 Å². The first kappa shape index (κ1) is 13.2. The molecule has 0 aliphatic carbocycles. The molecule has 19 heavy (non-hydrogen) atoms. The van der Waals surface area contributed by atoms with Crippen LogP contribution in [0.4, 0.5) is 18.9 Å². The summed E-state index contributed by atoms with van der Waals surface area (Å²) in [5.74, 6) is 0. The van der Waals surface area contributed by atoms with E-state index in [0.29, 0.717) is 11.3 Å². The minimum atomic E-state index is -4.31. The molecular formula is C11H11F3N4O. The molecule has 0 unspecified atom stereocenters. The lowest BCUT2D eigenvalue weighted by Crippen LogP contribution is -2.17. The zero-order valence-electron chi connectivity index (χ0n) is 9.74. The summed E-state index contributed by atoms with van der Waals surface area (Å²) < 4.78 is 37.2. The molecule has 0 bridgehead atoms. The smallest absolute Gasteiger partial charge is 0.378 e. The summed E-state index contributed by atoms with van der Waals surface area (Å²) in [5, 5.41) is 6.42. The molecule has 0 amide bonds. The zero-order valence-corrected chi connectivity index (χ0v) is 9.74. The van der Waals surface area contributed by atoms with Crippen molar-refractivity contribution in [2.75, 3.05) is 5.32 Å². The number of alkyl halides is 3. The molecule has 2 rings (SSSR count). The second-order valence-electron chi connectivity index (χ2n) is 3.92. The number of H-pyrrole nitrogens is 1. The van der Waals surface area contributed by atoms with E-state index in [-0.39, 0.29) is 12.1 Å². The Bertz CT molecular complexity index is 602. The number of rotatable bonds is 4. The summed E-state index contributed by atoms with van der Waals surface area (Å²) in [6.07, 6.45) is -0.277. The SMILES string of the molecule is O=c1[nH]cccc1CNc1cnn(CC(F)(F)F)c1. The fourth-order valence-corrected chi connectivity index (χ4v) is 1.52. The van der Waals surface area contributed by atoms with E-state index >= 15 is 0 Å². The molecule has 102 valence electrons. The number of pyridine rings is 1. The number of nitrogens with one attached hydrogen (secondary N) is 2. The highest BCUT2D eigenvalue weighted by Crippen LogP contribution is 2.18. The van der Waals surface area contributed by atoms with Crippen LogP contribution < -0.4 is 10.9 Å². The van der Waals surface area contributed by atoms with E-state index in [0.717, 1.165) is 4.68 Å². The summed E-state index contributed by atoms with van der Waals surface area (Å²) in [6, 6.07) is 3.30. The normalized spacial score (nSPS) is 11.5. The average Bonchev–Trinajstić information content (AvgIpc) is 2.73. The highest BCUT2D eigenvalue weighted by atomic mass is 19.4. The van der Waals surface area contributed by atoms with Crippen molar-refractivity contribution in [2.24, 2.45) is 0 Å². The minimum absolute atomic E-state index is 0.216. The summed E-state index contributed by atoms with van der Waals surface area (Å²) in [7, 11) is 0. The molecule has 5 nitrogen and oxygen atoms in total. The van der Waals surface area contributed by atoms with Crippen LogP contribution in [0.15, 0.2) is 35.5 Å². The molecule has 0 aromatic carbocycles. The van der Waals surface area contributed by atoms with E-state index in [4.69, 9.17) is 0 Å². The predicted octanol–water partition coefficient (Wildman–Crippen LogP) is 1.75. The van der Waals surface area contributed by atoms with Gasteiger partial charge in [-0.05, 0) is 6.07 Å². The maximum atomic E-state index is 12.1. The van der Waals surface area contributed by atoms with Gasteiger partial charge in [-0.2, -0.15) is 18.3 Å². The Morgan fingerprint density at radius 3 is 2.89 bits per heavy atom. The lowest BCUT2D eigenvalue weighted by molar-refractivity contribution is -0.142. The Hall–Kier alpha value is -2.25. The van der Waals surface area contributed by atoms with Crippen LogP contribution in [0.2, 0.25) is 0 Å². The first-order valence-electron chi connectivity index (χ1n) is 5.44. The molecule has 0 spiro atoms. The van der Waals surface area contributed by atoms with Gasteiger partial charge in [0.1, 0.15) is 6.54 Å². The van der Waals surface area contributed by atoms with Gasteiger partial charge in [-0.25, -0.2) is 0 Å². The number of anilines is 1. The van der Waals surface area contributed by atoms with Crippen molar-refractivity contribution in [1.29, 1.82) is 0 Å². The van der Waals surface area contributed by atoms with Crippen molar-refractivity contribution in [1.82, 2.24) is 14.8 Å². The number of nitrogens with zero attached hydrogens (tertiary/aromatic N) is 2. The molecule has 2 N–H and O–H groups in total. The van der Waals surface area contributed by atoms with Gasteiger partial charge in [0.05, 0.1) is 11.9 Å².